The molecule has 1 fully saturated rings. The maximum Gasteiger partial charge on any atom is 0.139 e. The van der Waals surface area contributed by atoms with Gasteiger partial charge in [-0.3, -0.25) is 4.90 Å². The van der Waals surface area contributed by atoms with Crippen LogP contribution < -0.4 is 5.73 Å². The molecule has 0 atom stereocenters. The van der Waals surface area contributed by atoms with E-state index in [0.29, 0.717) is 12.3 Å². The van der Waals surface area contributed by atoms with Gasteiger partial charge in [-0.1, -0.05) is 5.16 Å². The fourth-order valence-electron chi connectivity index (χ4n) is 2.12. The van der Waals surface area contributed by atoms with Gasteiger partial charge in [0.25, 0.3) is 0 Å². The fourth-order valence-corrected chi connectivity index (χ4v) is 2.78. The predicted octanol–water partition coefficient (Wildman–Crippen LogP) is 2.63. The summed E-state index contributed by atoms with van der Waals surface area (Å²) in [6.45, 7) is 2.18. The average molecular weight is 267 g/mol. The van der Waals surface area contributed by atoms with Crippen LogP contribution in [0.2, 0.25) is 0 Å². The second kappa shape index (κ2) is 6.75. The largest absolute Gasteiger partial charge is 0.409 e. The number of unbranched alkanes of at least 4 members (excludes halogenated alkanes) is 1. The highest BCUT2D eigenvalue weighted by molar-refractivity contribution is 7.07. The van der Waals surface area contributed by atoms with E-state index in [2.05, 4.69) is 26.9 Å². The predicted molar refractivity (Wildman–Crippen MR) is 75.0 cm³/mol. The van der Waals surface area contributed by atoms with E-state index in [1.54, 1.807) is 11.3 Å². The topological polar surface area (TPSA) is 61.8 Å². The van der Waals surface area contributed by atoms with Crippen LogP contribution in [-0.4, -0.2) is 28.5 Å². The Morgan fingerprint density at radius 3 is 2.94 bits per heavy atom. The molecule has 0 aromatic carbocycles. The monoisotopic (exact) mass is 267 g/mol. The zero-order chi connectivity index (χ0) is 12.8. The van der Waals surface area contributed by atoms with Crippen LogP contribution in [0.15, 0.2) is 22.0 Å². The first-order valence-corrected chi connectivity index (χ1v) is 7.45. The van der Waals surface area contributed by atoms with Gasteiger partial charge in [0, 0.05) is 19.0 Å². The minimum atomic E-state index is 0.339. The summed E-state index contributed by atoms with van der Waals surface area (Å²) in [6, 6.07) is 2.99. The van der Waals surface area contributed by atoms with Crippen molar-refractivity contribution < 1.29 is 5.21 Å². The van der Waals surface area contributed by atoms with E-state index in [1.807, 2.05) is 0 Å². The van der Waals surface area contributed by atoms with Crippen LogP contribution in [0.5, 0.6) is 0 Å². The molecular weight excluding hydrogens is 246 g/mol. The minimum absolute atomic E-state index is 0.339. The average Bonchev–Trinajstić information content (AvgIpc) is 3.11. The molecule has 1 heterocycles. The van der Waals surface area contributed by atoms with Crippen LogP contribution in [0.1, 0.15) is 37.7 Å². The quantitative estimate of drug-likeness (QED) is 0.250. The van der Waals surface area contributed by atoms with E-state index in [1.165, 1.54) is 18.4 Å². The zero-order valence-corrected chi connectivity index (χ0v) is 11.4. The summed E-state index contributed by atoms with van der Waals surface area (Å²) < 4.78 is 0. The van der Waals surface area contributed by atoms with Crippen molar-refractivity contribution >= 4 is 17.2 Å². The molecule has 1 saturated carbocycles. The number of nitrogens with two attached hydrogens (primary N) is 1. The van der Waals surface area contributed by atoms with Crippen LogP contribution in [0.4, 0.5) is 0 Å². The van der Waals surface area contributed by atoms with E-state index >= 15 is 0 Å². The third-order valence-electron chi connectivity index (χ3n) is 3.29. The Morgan fingerprint density at radius 2 is 2.33 bits per heavy atom. The van der Waals surface area contributed by atoms with Crippen molar-refractivity contribution in [2.75, 3.05) is 6.54 Å². The minimum Gasteiger partial charge on any atom is -0.409 e. The molecular formula is C13H21N3OS. The highest BCUT2D eigenvalue weighted by Crippen LogP contribution is 2.29. The molecule has 5 heteroatoms. The normalized spacial score (nSPS) is 16.4. The molecule has 0 radical (unpaired) electrons. The zero-order valence-electron chi connectivity index (χ0n) is 10.6. The lowest BCUT2D eigenvalue weighted by Crippen LogP contribution is -2.26. The molecule has 0 amide bonds. The molecule has 4 nitrogen and oxygen atoms in total. The Bertz CT molecular complexity index is 374. The van der Waals surface area contributed by atoms with E-state index in [4.69, 9.17) is 10.9 Å². The van der Waals surface area contributed by atoms with Gasteiger partial charge < -0.3 is 10.9 Å². The van der Waals surface area contributed by atoms with Gasteiger partial charge >= 0.3 is 0 Å². The third kappa shape index (κ3) is 4.31. The van der Waals surface area contributed by atoms with Crippen LogP contribution in [0, 0.1) is 0 Å². The van der Waals surface area contributed by atoms with E-state index in [9.17, 15) is 0 Å². The van der Waals surface area contributed by atoms with Crippen LogP contribution >= 0.6 is 11.3 Å². The van der Waals surface area contributed by atoms with Crippen molar-refractivity contribution in [2.24, 2.45) is 10.9 Å². The first kappa shape index (κ1) is 13.4. The lowest BCUT2D eigenvalue weighted by atomic mass is 10.2. The third-order valence-corrected chi connectivity index (χ3v) is 4.02. The van der Waals surface area contributed by atoms with Crippen molar-refractivity contribution in [3.63, 3.8) is 0 Å². The standard InChI is InChI=1S/C13H21N3OS/c14-13(15-17)3-1-2-7-16(12-4-5-12)9-11-6-8-18-10-11/h6,8,10,12,17H,1-5,7,9H2,(H2,14,15). The first-order valence-electron chi connectivity index (χ1n) is 6.51. The summed E-state index contributed by atoms with van der Waals surface area (Å²) >= 11 is 1.76. The Balaban J connectivity index is 1.70. The number of oxime groups is 1. The van der Waals surface area contributed by atoms with E-state index in [0.717, 1.165) is 32.0 Å². The summed E-state index contributed by atoms with van der Waals surface area (Å²) in [4.78, 5) is 2.56. The van der Waals surface area contributed by atoms with Gasteiger partial charge in [-0.15, -0.1) is 0 Å². The van der Waals surface area contributed by atoms with Crippen LogP contribution in [0.3, 0.4) is 0 Å². The maximum absolute atomic E-state index is 8.47. The van der Waals surface area contributed by atoms with Crippen molar-refractivity contribution in [3.8, 4) is 0 Å². The fraction of sp³-hybridized carbons (Fsp3) is 0.615. The number of thiophene rings is 1. The summed E-state index contributed by atoms with van der Waals surface area (Å²) in [6.07, 6.45) is 5.46. The molecule has 1 aromatic rings. The Morgan fingerprint density at radius 1 is 1.50 bits per heavy atom. The number of hydrogen-bond donors (Lipinski definition) is 2. The molecule has 0 spiro atoms. The van der Waals surface area contributed by atoms with Gasteiger partial charge in [0.1, 0.15) is 5.84 Å². The molecule has 0 unspecified atom stereocenters. The molecule has 3 N–H and O–H groups in total. The van der Waals surface area contributed by atoms with Gasteiger partial charge in [0.2, 0.25) is 0 Å². The number of rotatable bonds is 8. The highest BCUT2D eigenvalue weighted by atomic mass is 32.1. The first-order chi connectivity index (χ1) is 8.79. The van der Waals surface area contributed by atoms with E-state index in [-0.39, 0.29) is 0 Å². The maximum atomic E-state index is 8.47. The Hall–Kier alpha value is -1.07. The van der Waals surface area contributed by atoms with Crippen molar-refractivity contribution in [1.29, 1.82) is 0 Å². The summed E-state index contributed by atoms with van der Waals surface area (Å²) in [5, 5.41) is 15.8. The van der Waals surface area contributed by atoms with Gasteiger partial charge in [-0.25, -0.2) is 0 Å². The summed E-state index contributed by atoms with van der Waals surface area (Å²) in [7, 11) is 0. The van der Waals surface area contributed by atoms with Gasteiger partial charge in [-0.2, -0.15) is 11.3 Å². The molecule has 18 heavy (non-hydrogen) atoms. The second-order valence-corrected chi connectivity index (χ2v) is 5.66. The van der Waals surface area contributed by atoms with Crippen LogP contribution in [0.25, 0.3) is 0 Å². The highest BCUT2D eigenvalue weighted by Gasteiger charge is 2.28. The van der Waals surface area contributed by atoms with Gasteiger partial charge in [0.05, 0.1) is 0 Å². The molecule has 1 aromatic heterocycles. The Labute approximate surface area is 112 Å². The van der Waals surface area contributed by atoms with Crippen molar-refractivity contribution in [3.05, 3.63) is 22.4 Å². The van der Waals surface area contributed by atoms with Gasteiger partial charge in [-0.05, 0) is 54.6 Å². The van der Waals surface area contributed by atoms with E-state index < -0.39 is 0 Å². The van der Waals surface area contributed by atoms with Crippen molar-refractivity contribution in [2.45, 2.75) is 44.7 Å². The van der Waals surface area contributed by atoms with Crippen LogP contribution in [-0.2, 0) is 6.54 Å². The molecule has 1 aliphatic carbocycles. The SMILES string of the molecule is NC(CCCCN(Cc1ccsc1)C1CC1)=NO. The number of nitrogens with zero attached hydrogens (tertiary/aromatic N) is 2. The van der Waals surface area contributed by atoms with Gasteiger partial charge in [0.15, 0.2) is 0 Å². The Kier molecular flexibility index (Phi) is 5.01. The lowest BCUT2D eigenvalue weighted by Gasteiger charge is -2.21. The van der Waals surface area contributed by atoms with Crippen molar-refractivity contribution in [1.82, 2.24) is 4.90 Å². The molecule has 0 saturated heterocycles. The molecule has 0 aliphatic heterocycles. The lowest BCUT2D eigenvalue weighted by molar-refractivity contribution is 0.250. The molecule has 0 bridgehead atoms. The number of amidine groups is 1. The second-order valence-electron chi connectivity index (χ2n) is 4.88. The number of hydrogen-bond acceptors (Lipinski definition) is 4. The molecule has 100 valence electrons. The summed E-state index contributed by atoms with van der Waals surface area (Å²) in [5.41, 5.74) is 6.88. The molecule has 2 rings (SSSR count). The molecule has 1 aliphatic rings. The summed E-state index contributed by atoms with van der Waals surface area (Å²) in [5.74, 6) is 0.339. The smallest absolute Gasteiger partial charge is 0.139 e.